The third kappa shape index (κ3) is 3.06. The third-order valence-corrected chi connectivity index (χ3v) is 2.84. The van der Waals surface area contributed by atoms with E-state index in [1.54, 1.807) is 0 Å². The van der Waals surface area contributed by atoms with Crippen LogP contribution in [-0.2, 0) is 6.42 Å². The van der Waals surface area contributed by atoms with Crippen molar-refractivity contribution in [3.8, 4) is 6.07 Å². The van der Waals surface area contributed by atoms with E-state index in [0.29, 0.717) is 12.2 Å². The maximum absolute atomic E-state index is 8.73. The molecule has 0 aliphatic carbocycles. The predicted octanol–water partition coefficient (Wildman–Crippen LogP) is 1.75. The molecule has 17 heavy (non-hydrogen) atoms. The van der Waals surface area contributed by atoms with Crippen LogP contribution < -0.4 is 10.6 Å². The standard InChI is InChI=1S/C12H19N5/c1-4-5-10-11(14)15-8-16-12(10)17(3)9(2)6-7-13/h8-9H,4-6H2,1-3H3,(H2,14,15,16). The van der Waals surface area contributed by atoms with Crippen LogP contribution in [-0.4, -0.2) is 23.1 Å². The average molecular weight is 233 g/mol. The molecule has 0 bridgehead atoms. The van der Waals surface area contributed by atoms with Gasteiger partial charge in [0.25, 0.3) is 0 Å². The van der Waals surface area contributed by atoms with Crippen molar-refractivity contribution in [1.82, 2.24) is 9.97 Å². The van der Waals surface area contributed by atoms with Crippen molar-refractivity contribution in [1.29, 1.82) is 5.26 Å². The number of nitriles is 1. The van der Waals surface area contributed by atoms with Gasteiger partial charge in [-0.25, -0.2) is 9.97 Å². The lowest BCUT2D eigenvalue weighted by Gasteiger charge is -2.26. The number of nitrogen functional groups attached to an aromatic ring is 1. The summed E-state index contributed by atoms with van der Waals surface area (Å²) in [6, 6.07) is 2.28. The Balaban J connectivity index is 3.04. The van der Waals surface area contributed by atoms with Gasteiger partial charge >= 0.3 is 0 Å². The van der Waals surface area contributed by atoms with E-state index in [1.807, 2.05) is 18.9 Å². The largest absolute Gasteiger partial charge is 0.383 e. The van der Waals surface area contributed by atoms with Crippen molar-refractivity contribution < 1.29 is 0 Å². The molecule has 0 spiro atoms. The lowest BCUT2D eigenvalue weighted by molar-refractivity contribution is 0.687. The van der Waals surface area contributed by atoms with Crippen LogP contribution in [0.4, 0.5) is 11.6 Å². The smallest absolute Gasteiger partial charge is 0.137 e. The van der Waals surface area contributed by atoms with Crippen LogP contribution in [0.2, 0.25) is 0 Å². The van der Waals surface area contributed by atoms with Crippen molar-refractivity contribution in [3.05, 3.63) is 11.9 Å². The monoisotopic (exact) mass is 233 g/mol. The first-order valence-corrected chi connectivity index (χ1v) is 5.80. The summed E-state index contributed by atoms with van der Waals surface area (Å²) in [6.45, 7) is 4.09. The first-order valence-electron chi connectivity index (χ1n) is 5.80. The van der Waals surface area contributed by atoms with Gasteiger partial charge < -0.3 is 10.6 Å². The summed E-state index contributed by atoms with van der Waals surface area (Å²) in [5.74, 6) is 1.37. The number of rotatable bonds is 5. The van der Waals surface area contributed by atoms with E-state index in [-0.39, 0.29) is 6.04 Å². The van der Waals surface area contributed by atoms with Gasteiger partial charge in [-0.2, -0.15) is 5.26 Å². The van der Waals surface area contributed by atoms with Gasteiger partial charge in [0.2, 0.25) is 0 Å². The summed E-state index contributed by atoms with van der Waals surface area (Å²) in [6.07, 6.45) is 3.78. The minimum absolute atomic E-state index is 0.116. The van der Waals surface area contributed by atoms with Crippen LogP contribution in [0.3, 0.4) is 0 Å². The first kappa shape index (κ1) is 13.2. The molecule has 0 aromatic carbocycles. The normalized spacial score (nSPS) is 11.9. The van der Waals surface area contributed by atoms with E-state index in [0.717, 1.165) is 24.2 Å². The summed E-state index contributed by atoms with van der Waals surface area (Å²) < 4.78 is 0. The maximum atomic E-state index is 8.73. The Hall–Kier alpha value is -1.83. The molecule has 1 heterocycles. The van der Waals surface area contributed by atoms with Crippen molar-refractivity contribution in [2.75, 3.05) is 17.7 Å². The zero-order chi connectivity index (χ0) is 12.8. The van der Waals surface area contributed by atoms with Gasteiger partial charge in [0, 0.05) is 18.7 Å². The van der Waals surface area contributed by atoms with Gasteiger partial charge in [0.15, 0.2) is 0 Å². The Bertz CT molecular complexity index is 410. The second kappa shape index (κ2) is 6.04. The molecule has 1 aromatic heterocycles. The highest BCUT2D eigenvalue weighted by molar-refractivity contribution is 5.56. The van der Waals surface area contributed by atoms with E-state index in [9.17, 15) is 0 Å². The molecule has 1 unspecified atom stereocenters. The van der Waals surface area contributed by atoms with Crippen LogP contribution >= 0.6 is 0 Å². The van der Waals surface area contributed by atoms with Gasteiger partial charge in [0.1, 0.15) is 18.0 Å². The molecule has 5 heteroatoms. The van der Waals surface area contributed by atoms with Gasteiger partial charge in [0.05, 0.1) is 12.5 Å². The number of nitrogens with zero attached hydrogens (tertiary/aromatic N) is 4. The van der Waals surface area contributed by atoms with Crippen molar-refractivity contribution in [2.45, 2.75) is 39.2 Å². The molecule has 5 nitrogen and oxygen atoms in total. The second-order valence-corrected chi connectivity index (χ2v) is 4.13. The third-order valence-electron chi connectivity index (χ3n) is 2.84. The lowest BCUT2D eigenvalue weighted by atomic mass is 10.1. The van der Waals surface area contributed by atoms with E-state index in [2.05, 4.69) is 23.0 Å². The number of anilines is 2. The van der Waals surface area contributed by atoms with E-state index in [1.165, 1.54) is 6.33 Å². The fourth-order valence-corrected chi connectivity index (χ4v) is 1.69. The Morgan fingerprint density at radius 1 is 1.53 bits per heavy atom. The zero-order valence-electron chi connectivity index (χ0n) is 10.6. The molecular weight excluding hydrogens is 214 g/mol. The summed E-state index contributed by atoms with van der Waals surface area (Å²) in [7, 11) is 1.93. The number of aromatic nitrogens is 2. The topological polar surface area (TPSA) is 78.8 Å². The lowest BCUT2D eigenvalue weighted by Crippen LogP contribution is -2.30. The molecule has 1 atom stereocenters. The first-order chi connectivity index (χ1) is 8.11. The fourth-order valence-electron chi connectivity index (χ4n) is 1.69. The highest BCUT2D eigenvalue weighted by Crippen LogP contribution is 2.24. The number of hydrogen-bond donors (Lipinski definition) is 1. The quantitative estimate of drug-likeness (QED) is 0.838. The van der Waals surface area contributed by atoms with Crippen LogP contribution in [0.1, 0.15) is 32.3 Å². The van der Waals surface area contributed by atoms with E-state index in [4.69, 9.17) is 11.0 Å². The molecule has 92 valence electrons. The van der Waals surface area contributed by atoms with Gasteiger partial charge in [-0.3, -0.25) is 0 Å². The maximum Gasteiger partial charge on any atom is 0.137 e. The van der Waals surface area contributed by atoms with Crippen molar-refractivity contribution in [3.63, 3.8) is 0 Å². The zero-order valence-corrected chi connectivity index (χ0v) is 10.6. The Kier molecular flexibility index (Phi) is 4.70. The molecule has 1 aromatic rings. The fraction of sp³-hybridized carbons (Fsp3) is 0.583. The summed E-state index contributed by atoms with van der Waals surface area (Å²) in [5, 5.41) is 8.73. The molecule has 0 saturated heterocycles. The molecular formula is C12H19N5. The molecule has 2 N–H and O–H groups in total. The van der Waals surface area contributed by atoms with E-state index >= 15 is 0 Å². The molecule has 0 fully saturated rings. The summed E-state index contributed by atoms with van der Waals surface area (Å²) >= 11 is 0. The van der Waals surface area contributed by atoms with Gasteiger partial charge in [-0.1, -0.05) is 13.3 Å². The van der Waals surface area contributed by atoms with E-state index < -0.39 is 0 Å². The van der Waals surface area contributed by atoms with Crippen LogP contribution in [0.15, 0.2) is 6.33 Å². The summed E-state index contributed by atoms with van der Waals surface area (Å²) in [4.78, 5) is 10.3. The highest BCUT2D eigenvalue weighted by atomic mass is 15.2. The van der Waals surface area contributed by atoms with Crippen molar-refractivity contribution >= 4 is 11.6 Å². The number of hydrogen-bond acceptors (Lipinski definition) is 5. The van der Waals surface area contributed by atoms with Crippen molar-refractivity contribution in [2.24, 2.45) is 0 Å². The van der Waals surface area contributed by atoms with Crippen LogP contribution in [0.5, 0.6) is 0 Å². The molecule has 0 radical (unpaired) electrons. The molecule has 1 rings (SSSR count). The second-order valence-electron chi connectivity index (χ2n) is 4.13. The SMILES string of the molecule is CCCc1c(N)ncnc1N(C)C(C)CC#N. The Morgan fingerprint density at radius 3 is 2.82 bits per heavy atom. The van der Waals surface area contributed by atoms with Gasteiger partial charge in [-0.15, -0.1) is 0 Å². The van der Waals surface area contributed by atoms with Crippen LogP contribution in [0, 0.1) is 11.3 Å². The van der Waals surface area contributed by atoms with Crippen LogP contribution in [0.25, 0.3) is 0 Å². The minimum Gasteiger partial charge on any atom is -0.383 e. The highest BCUT2D eigenvalue weighted by Gasteiger charge is 2.16. The molecule has 0 saturated carbocycles. The summed E-state index contributed by atoms with van der Waals surface area (Å²) in [5.41, 5.74) is 6.85. The molecule has 0 aliphatic rings. The molecule has 0 aliphatic heterocycles. The average Bonchev–Trinajstić information content (AvgIpc) is 2.31. The minimum atomic E-state index is 0.116. The Labute approximate surface area is 102 Å². The molecule has 0 amide bonds. The number of nitrogens with two attached hydrogens (primary N) is 1. The van der Waals surface area contributed by atoms with Gasteiger partial charge in [-0.05, 0) is 13.3 Å². The predicted molar refractivity (Wildman–Crippen MR) is 68.5 cm³/mol. The Morgan fingerprint density at radius 2 is 2.24 bits per heavy atom.